The molecule has 25 heavy (non-hydrogen) atoms. The van der Waals surface area contributed by atoms with Crippen LogP contribution in [0.15, 0.2) is 48.5 Å². The van der Waals surface area contributed by atoms with Crippen molar-refractivity contribution < 1.29 is 9.47 Å². The molecule has 0 saturated carbocycles. The molecule has 2 aromatic rings. The van der Waals surface area contributed by atoms with Crippen LogP contribution in [0.1, 0.15) is 56.8 Å². The summed E-state index contributed by atoms with van der Waals surface area (Å²) in [6.45, 7) is 5.81. The van der Waals surface area contributed by atoms with Gasteiger partial charge in [0.1, 0.15) is 6.10 Å². The highest BCUT2D eigenvalue weighted by Gasteiger charge is 2.23. The molecule has 3 rings (SSSR count). The third kappa shape index (κ3) is 4.93. The van der Waals surface area contributed by atoms with Gasteiger partial charge in [-0.25, -0.2) is 0 Å². The predicted octanol–water partition coefficient (Wildman–Crippen LogP) is 5.95. The van der Waals surface area contributed by atoms with Gasteiger partial charge in [0.2, 0.25) is 0 Å². The van der Waals surface area contributed by atoms with Crippen molar-refractivity contribution in [2.24, 2.45) is 0 Å². The van der Waals surface area contributed by atoms with E-state index in [0.29, 0.717) is 13.2 Å². The first-order valence-corrected chi connectivity index (χ1v) is 9.72. The van der Waals surface area contributed by atoms with Gasteiger partial charge in [-0.1, -0.05) is 81.6 Å². The smallest absolute Gasteiger partial charge is 0.106 e. The minimum atomic E-state index is 0.0684. The van der Waals surface area contributed by atoms with E-state index in [4.69, 9.17) is 9.47 Å². The molecular weight excluding hydrogens is 308 g/mol. The maximum absolute atomic E-state index is 6.04. The van der Waals surface area contributed by atoms with E-state index in [0.717, 1.165) is 12.8 Å². The number of aryl methyl sites for hydroxylation is 1. The highest BCUT2D eigenvalue weighted by Crippen LogP contribution is 2.27. The van der Waals surface area contributed by atoms with E-state index in [-0.39, 0.29) is 12.2 Å². The molecule has 0 bridgehead atoms. The average Bonchev–Trinajstić information content (AvgIpc) is 2.68. The molecule has 0 unspecified atom stereocenters. The summed E-state index contributed by atoms with van der Waals surface area (Å²) in [4.78, 5) is 0. The largest absolute Gasteiger partial charge is 0.373 e. The Balaban J connectivity index is 1.59. The second-order valence-corrected chi connectivity index (χ2v) is 6.99. The summed E-state index contributed by atoms with van der Waals surface area (Å²) < 4.78 is 12.0. The van der Waals surface area contributed by atoms with Crippen LogP contribution in [0.5, 0.6) is 0 Å². The second-order valence-electron chi connectivity index (χ2n) is 6.99. The maximum atomic E-state index is 6.04. The average molecular weight is 338 g/mol. The summed E-state index contributed by atoms with van der Waals surface area (Å²) in [5.74, 6) is 0. The van der Waals surface area contributed by atoms with Gasteiger partial charge in [-0.3, -0.25) is 0 Å². The summed E-state index contributed by atoms with van der Waals surface area (Å²) in [6.07, 6.45) is 6.22. The topological polar surface area (TPSA) is 18.5 Å². The minimum Gasteiger partial charge on any atom is -0.373 e. The fourth-order valence-electron chi connectivity index (χ4n) is 3.38. The van der Waals surface area contributed by atoms with Crippen molar-refractivity contribution in [1.29, 1.82) is 0 Å². The Morgan fingerprint density at radius 2 is 1.48 bits per heavy atom. The lowest BCUT2D eigenvalue weighted by Gasteiger charge is -2.30. The van der Waals surface area contributed by atoms with E-state index in [1.165, 1.54) is 41.5 Å². The summed E-state index contributed by atoms with van der Waals surface area (Å²) in [6, 6.07) is 17.7. The van der Waals surface area contributed by atoms with Gasteiger partial charge in [0.05, 0.1) is 19.3 Å². The van der Waals surface area contributed by atoms with Gasteiger partial charge in [0.25, 0.3) is 0 Å². The molecule has 0 radical (unpaired) electrons. The van der Waals surface area contributed by atoms with Crippen LogP contribution in [0.3, 0.4) is 0 Å². The van der Waals surface area contributed by atoms with Gasteiger partial charge in [-0.2, -0.15) is 0 Å². The predicted molar refractivity (Wildman–Crippen MR) is 104 cm³/mol. The lowest BCUT2D eigenvalue weighted by Crippen LogP contribution is -2.31. The fourth-order valence-corrected chi connectivity index (χ4v) is 3.38. The van der Waals surface area contributed by atoms with Crippen LogP contribution >= 0.6 is 0 Å². The third-order valence-electron chi connectivity index (χ3n) is 4.95. The molecule has 1 aliphatic heterocycles. The van der Waals surface area contributed by atoms with E-state index >= 15 is 0 Å². The van der Waals surface area contributed by atoms with Crippen LogP contribution in [0.25, 0.3) is 11.1 Å². The molecule has 0 spiro atoms. The van der Waals surface area contributed by atoms with Crippen molar-refractivity contribution >= 4 is 0 Å². The fraction of sp³-hybridized carbons (Fsp3) is 0.478. The molecule has 2 heteroatoms. The van der Waals surface area contributed by atoms with Crippen molar-refractivity contribution in [1.82, 2.24) is 0 Å². The lowest BCUT2D eigenvalue weighted by atomic mass is 9.99. The number of hydrogen-bond acceptors (Lipinski definition) is 2. The minimum absolute atomic E-state index is 0.0684. The Labute approximate surface area is 152 Å². The number of ether oxygens (including phenoxy) is 2. The number of unbranched alkanes of at least 4 members (excludes halogenated alkanes) is 1. The lowest BCUT2D eigenvalue weighted by molar-refractivity contribution is -0.137. The first kappa shape index (κ1) is 18.2. The standard InChI is InChI=1S/C23H30O2/c1-3-5-7-22-16-25-23(17-24-22)21-14-12-20(13-15-21)19-10-8-18(6-4-2)9-11-19/h8-15,22-23H,3-7,16-17H2,1-2H3/t22-,23-/m0/s1. The van der Waals surface area contributed by atoms with E-state index in [2.05, 4.69) is 62.4 Å². The van der Waals surface area contributed by atoms with Crippen molar-refractivity contribution in [3.05, 3.63) is 59.7 Å². The van der Waals surface area contributed by atoms with Gasteiger partial charge >= 0.3 is 0 Å². The first-order valence-electron chi connectivity index (χ1n) is 9.72. The molecule has 2 aromatic carbocycles. The van der Waals surface area contributed by atoms with Gasteiger partial charge in [-0.15, -0.1) is 0 Å². The maximum Gasteiger partial charge on any atom is 0.106 e. The highest BCUT2D eigenvalue weighted by molar-refractivity contribution is 5.64. The Morgan fingerprint density at radius 1 is 0.800 bits per heavy atom. The van der Waals surface area contributed by atoms with E-state index < -0.39 is 0 Å². The Kier molecular flexibility index (Phi) is 6.66. The van der Waals surface area contributed by atoms with Crippen LogP contribution in [0.4, 0.5) is 0 Å². The van der Waals surface area contributed by atoms with E-state index in [1.54, 1.807) is 0 Å². The molecule has 1 fully saturated rings. The van der Waals surface area contributed by atoms with Crippen LogP contribution in [-0.4, -0.2) is 19.3 Å². The van der Waals surface area contributed by atoms with Crippen LogP contribution < -0.4 is 0 Å². The number of hydrogen-bond donors (Lipinski definition) is 0. The normalized spacial score (nSPS) is 20.6. The summed E-state index contributed by atoms with van der Waals surface area (Å²) in [5, 5.41) is 0. The molecule has 1 saturated heterocycles. The zero-order chi connectivity index (χ0) is 17.5. The second kappa shape index (κ2) is 9.17. The molecular formula is C23H30O2. The Morgan fingerprint density at radius 3 is 2.04 bits per heavy atom. The molecule has 0 amide bonds. The number of rotatable bonds is 7. The molecule has 0 N–H and O–H groups in total. The van der Waals surface area contributed by atoms with E-state index in [1.807, 2.05) is 0 Å². The number of benzene rings is 2. The van der Waals surface area contributed by atoms with Crippen molar-refractivity contribution in [2.75, 3.05) is 13.2 Å². The van der Waals surface area contributed by atoms with Gasteiger partial charge in [0.15, 0.2) is 0 Å². The molecule has 134 valence electrons. The molecule has 1 aliphatic rings. The quantitative estimate of drug-likeness (QED) is 0.621. The molecule has 2 atom stereocenters. The molecule has 2 nitrogen and oxygen atoms in total. The van der Waals surface area contributed by atoms with Gasteiger partial charge in [-0.05, 0) is 35.1 Å². The van der Waals surface area contributed by atoms with E-state index in [9.17, 15) is 0 Å². The van der Waals surface area contributed by atoms with Crippen LogP contribution in [-0.2, 0) is 15.9 Å². The molecule has 0 aliphatic carbocycles. The summed E-state index contributed by atoms with van der Waals surface area (Å²) >= 11 is 0. The Bertz CT molecular complexity index is 622. The highest BCUT2D eigenvalue weighted by atomic mass is 16.6. The van der Waals surface area contributed by atoms with Crippen LogP contribution in [0.2, 0.25) is 0 Å². The molecule has 0 aromatic heterocycles. The zero-order valence-electron chi connectivity index (χ0n) is 15.5. The SMILES string of the molecule is CCCC[C@H]1CO[C@H](c2ccc(-c3ccc(CCC)cc3)cc2)CO1. The van der Waals surface area contributed by atoms with Crippen molar-refractivity contribution in [2.45, 2.75) is 58.2 Å². The Hall–Kier alpha value is -1.64. The van der Waals surface area contributed by atoms with Crippen molar-refractivity contribution in [3.8, 4) is 11.1 Å². The van der Waals surface area contributed by atoms with Crippen LogP contribution in [0, 0.1) is 0 Å². The van der Waals surface area contributed by atoms with Gasteiger partial charge in [0, 0.05) is 0 Å². The summed E-state index contributed by atoms with van der Waals surface area (Å²) in [5.41, 5.74) is 5.14. The van der Waals surface area contributed by atoms with Gasteiger partial charge < -0.3 is 9.47 Å². The monoisotopic (exact) mass is 338 g/mol. The zero-order valence-corrected chi connectivity index (χ0v) is 15.5. The third-order valence-corrected chi connectivity index (χ3v) is 4.95. The summed E-state index contributed by atoms with van der Waals surface area (Å²) in [7, 11) is 0. The first-order chi connectivity index (χ1) is 12.3. The molecule has 1 heterocycles. The van der Waals surface area contributed by atoms with Crippen molar-refractivity contribution in [3.63, 3.8) is 0 Å².